The molecule has 144 valence electrons. The molecule has 1 atom stereocenters. The van der Waals surface area contributed by atoms with Gasteiger partial charge in [-0.1, -0.05) is 6.92 Å². The number of non-ortho nitro benzene ring substituents is 1. The molecule has 0 saturated carbocycles. The van der Waals surface area contributed by atoms with Gasteiger partial charge in [-0.25, -0.2) is 18.4 Å². The molecule has 27 heavy (non-hydrogen) atoms. The van der Waals surface area contributed by atoms with Gasteiger partial charge >= 0.3 is 6.01 Å². The average molecular weight is 392 g/mol. The molecule has 0 bridgehead atoms. The van der Waals surface area contributed by atoms with E-state index in [1.807, 2.05) is 6.92 Å². The van der Waals surface area contributed by atoms with Gasteiger partial charge < -0.3 is 4.74 Å². The molecule has 0 aliphatic carbocycles. The molecule has 10 heteroatoms. The van der Waals surface area contributed by atoms with Crippen LogP contribution in [0.15, 0.2) is 41.6 Å². The van der Waals surface area contributed by atoms with Gasteiger partial charge in [0, 0.05) is 31.1 Å². The minimum absolute atomic E-state index is 0.0253. The van der Waals surface area contributed by atoms with E-state index in [0.717, 1.165) is 12.0 Å². The number of hydrogen-bond acceptors (Lipinski definition) is 7. The number of piperidine rings is 1. The van der Waals surface area contributed by atoms with Crippen LogP contribution in [0.5, 0.6) is 6.01 Å². The van der Waals surface area contributed by atoms with Crippen molar-refractivity contribution in [2.24, 2.45) is 0 Å². The molecule has 2 aromatic rings. The second-order valence-electron chi connectivity index (χ2n) is 6.22. The van der Waals surface area contributed by atoms with Crippen LogP contribution in [0.1, 0.15) is 25.3 Å². The number of aryl methyl sites for hydroxylation is 1. The topological polar surface area (TPSA) is 116 Å². The number of nitro benzene ring substituents is 1. The Bertz CT molecular complexity index is 900. The van der Waals surface area contributed by atoms with E-state index in [4.69, 9.17) is 4.74 Å². The number of hydrogen-bond donors (Lipinski definition) is 0. The molecule has 0 radical (unpaired) electrons. The van der Waals surface area contributed by atoms with E-state index in [2.05, 4.69) is 9.97 Å². The number of ether oxygens (including phenoxy) is 1. The summed E-state index contributed by atoms with van der Waals surface area (Å²) in [5, 5.41) is 10.7. The van der Waals surface area contributed by atoms with Crippen LogP contribution in [0.2, 0.25) is 0 Å². The highest BCUT2D eigenvalue weighted by Gasteiger charge is 2.31. The molecule has 1 unspecified atom stereocenters. The molecule has 0 N–H and O–H groups in total. The minimum atomic E-state index is -3.75. The van der Waals surface area contributed by atoms with Crippen LogP contribution in [-0.4, -0.2) is 46.8 Å². The second-order valence-corrected chi connectivity index (χ2v) is 8.16. The Hall–Kier alpha value is -2.59. The fourth-order valence-electron chi connectivity index (χ4n) is 2.84. The highest BCUT2D eigenvalue weighted by molar-refractivity contribution is 7.89. The first kappa shape index (κ1) is 19.2. The predicted octanol–water partition coefficient (Wildman–Crippen LogP) is 2.18. The fraction of sp³-hybridized carbons (Fsp3) is 0.412. The van der Waals surface area contributed by atoms with Gasteiger partial charge in [-0.3, -0.25) is 10.1 Å². The van der Waals surface area contributed by atoms with E-state index in [1.165, 1.54) is 28.6 Å². The Balaban J connectivity index is 1.71. The first-order valence-corrected chi connectivity index (χ1v) is 10.1. The van der Waals surface area contributed by atoms with Crippen LogP contribution in [0, 0.1) is 10.1 Å². The summed E-state index contributed by atoms with van der Waals surface area (Å²) in [7, 11) is -3.75. The lowest BCUT2D eigenvalue weighted by atomic mass is 10.1. The van der Waals surface area contributed by atoms with Crippen molar-refractivity contribution in [1.29, 1.82) is 0 Å². The number of nitrogens with zero attached hydrogens (tertiary/aromatic N) is 4. The first-order valence-electron chi connectivity index (χ1n) is 8.62. The maximum Gasteiger partial charge on any atom is 0.316 e. The maximum absolute atomic E-state index is 12.8. The van der Waals surface area contributed by atoms with Gasteiger partial charge in [0.25, 0.3) is 5.69 Å². The van der Waals surface area contributed by atoms with Crippen LogP contribution in [0.3, 0.4) is 0 Å². The van der Waals surface area contributed by atoms with Gasteiger partial charge in [-0.05, 0) is 37.0 Å². The van der Waals surface area contributed by atoms with Crippen molar-refractivity contribution < 1.29 is 18.1 Å². The molecule has 1 aromatic carbocycles. The molecule has 1 aliphatic heterocycles. The fourth-order valence-corrected chi connectivity index (χ4v) is 4.35. The number of rotatable bonds is 6. The molecule has 1 aromatic heterocycles. The van der Waals surface area contributed by atoms with Gasteiger partial charge in [-0.2, -0.15) is 4.31 Å². The van der Waals surface area contributed by atoms with Crippen molar-refractivity contribution in [3.05, 3.63) is 52.3 Å². The molecule has 9 nitrogen and oxygen atoms in total. The summed E-state index contributed by atoms with van der Waals surface area (Å²) in [5.74, 6) is 0. The van der Waals surface area contributed by atoms with Crippen molar-refractivity contribution >= 4 is 15.7 Å². The Morgan fingerprint density at radius 2 is 1.93 bits per heavy atom. The van der Waals surface area contributed by atoms with Crippen LogP contribution in [0.25, 0.3) is 0 Å². The Labute approximate surface area is 157 Å². The summed E-state index contributed by atoms with van der Waals surface area (Å²) >= 11 is 0. The van der Waals surface area contributed by atoms with Crippen LogP contribution >= 0.6 is 0 Å². The Morgan fingerprint density at radius 1 is 1.26 bits per heavy atom. The van der Waals surface area contributed by atoms with Crippen molar-refractivity contribution in [2.45, 2.75) is 37.2 Å². The van der Waals surface area contributed by atoms with Crippen LogP contribution < -0.4 is 4.74 Å². The van der Waals surface area contributed by atoms with Gasteiger partial charge in [-0.15, -0.1) is 0 Å². The van der Waals surface area contributed by atoms with E-state index in [9.17, 15) is 18.5 Å². The van der Waals surface area contributed by atoms with E-state index < -0.39 is 14.9 Å². The number of sulfonamides is 1. The molecule has 0 spiro atoms. The Kier molecular flexibility index (Phi) is 5.66. The Morgan fingerprint density at radius 3 is 2.52 bits per heavy atom. The third-order valence-electron chi connectivity index (χ3n) is 4.39. The van der Waals surface area contributed by atoms with Gasteiger partial charge in [0.15, 0.2) is 0 Å². The monoisotopic (exact) mass is 392 g/mol. The van der Waals surface area contributed by atoms with Crippen molar-refractivity contribution in [1.82, 2.24) is 14.3 Å². The van der Waals surface area contributed by atoms with Crippen LogP contribution in [-0.2, 0) is 16.4 Å². The zero-order valence-corrected chi connectivity index (χ0v) is 15.6. The summed E-state index contributed by atoms with van der Waals surface area (Å²) in [4.78, 5) is 18.5. The summed E-state index contributed by atoms with van der Waals surface area (Å²) in [6, 6.07) is 5.11. The number of aromatic nitrogens is 2. The number of benzene rings is 1. The molecule has 1 saturated heterocycles. The molecular formula is C17H20N4O5S. The second kappa shape index (κ2) is 7.97. The van der Waals surface area contributed by atoms with Crippen LogP contribution in [0.4, 0.5) is 5.69 Å². The normalized spacial score (nSPS) is 18.2. The van der Waals surface area contributed by atoms with E-state index in [1.54, 1.807) is 12.4 Å². The van der Waals surface area contributed by atoms with Gasteiger partial charge in [0.2, 0.25) is 10.0 Å². The summed E-state index contributed by atoms with van der Waals surface area (Å²) in [5.41, 5.74) is 0.842. The van der Waals surface area contributed by atoms with Crippen molar-refractivity contribution in [3.63, 3.8) is 0 Å². The molecule has 0 amide bonds. The third kappa shape index (κ3) is 4.40. The zero-order valence-electron chi connectivity index (χ0n) is 14.8. The molecule has 2 heterocycles. The average Bonchev–Trinajstić information content (AvgIpc) is 2.69. The lowest BCUT2D eigenvalue weighted by molar-refractivity contribution is -0.384. The zero-order chi connectivity index (χ0) is 19.4. The largest absolute Gasteiger partial charge is 0.459 e. The maximum atomic E-state index is 12.8. The number of nitro groups is 1. The minimum Gasteiger partial charge on any atom is -0.459 e. The lowest BCUT2D eigenvalue weighted by Crippen LogP contribution is -2.44. The van der Waals surface area contributed by atoms with Gasteiger partial charge in [0.1, 0.15) is 6.10 Å². The highest BCUT2D eigenvalue weighted by atomic mass is 32.2. The first-order chi connectivity index (χ1) is 12.9. The molecule has 1 aliphatic rings. The molecule has 3 rings (SSSR count). The highest BCUT2D eigenvalue weighted by Crippen LogP contribution is 2.24. The lowest BCUT2D eigenvalue weighted by Gasteiger charge is -2.31. The van der Waals surface area contributed by atoms with Gasteiger partial charge in [0.05, 0.1) is 16.4 Å². The smallest absolute Gasteiger partial charge is 0.316 e. The molecular weight excluding hydrogens is 372 g/mol. The van der Waals surface area contributed by atoms with Crippen molar-refractivity contribution in [2.75, 3.05) is 13.1 Å². The molecule has 1 fully saturated rings. The van der Waals surface area contributed by atoms with E-state index >= 15 is 0 Å². The summed E-state index contributed by atoms with van der Waals surface area (Å²) in [6.45, 7) is 2.55. The van der Waals surface area contributed by atoms with E-state index in [-0.39, 0.29) is 29.2 Å². The predicted molar refractivity (Wildman–Crippen MR) is 96.9 cm³/mol. The summed E-state index contributed by atoms with van der Waals surface area (Å²) < 4.78 is 32.7. The third-order valence-corrected chi connectivity index (χ3v) is 6.27. The SMILES string of the molecule is CCc1cnc(OC2CCCN(S(=O)(=O)c3ccc([N+](=O)[O-])cc3)C2)nc1. The quantitative estimate of drug-likeness (QED) is 0.546. The van der Waals surface area contributed by atoms with Crippen molar-refractivity contribution in [3.8, 4) is 6.01 Å². The standard InChI is InChI=1S/C17H20N4O5S/c1-2-13-10-18-17(19-11-13)26-15-4-3-9-20(12-15)27(24,25)16-7-5-14(6-8-16)21(22)23/h5-8,10-11,15H,2-4,9,12H2,1H3. The summed E-state index contributed by atoms with van der Waals surface area (Å²) in [6.07, 6.45) is 5.20. The van der Waals surface area contributed by atoms with E-state index in [0.29, 0.717) is 19.4 Å².